The number of nitrogens with zero attached hydrogens (tertiary/aromatic N) is 3. The molecule has 0 saturated heterocycles. The minimum atomic E-state index is 0.0994. The number of nitrogens with one attached hydrogen (secondary N) is 1. The molecule has 1 aromatic heterocycles. The maximum atomic E-state index is 5.67. The molecule has 0 aromatic carbocycles. The Morgan fingerprint density at radius 1 is 1.61 bits per heavy atom. The molecule has 1 aliphatic rings. The van der Waals surface area contributed by atoms with Crippen LogP contribution in [0.25, 0.3) is 0 Å². The number of rotatable bonds is 8. The summed E-state index contributed by atoms with van der Waals surface area (Å²) >= 11 is 0. The number of hydrogen-bond acceptors (Lipinski definition) is 5. The fourth-order valence-electron chi connectivity index (χ4n) is 2.42. The van der Waals surface area contributed by atoms with Crippen LogP contribution >= 0.6 is 0 Å². The minimum absolute atomic E-state index is 0.0994. The highest BCUT2D eigenvalue weighted by Crippen LogP contribution is 2.35. The summed E-state index contributed by atoms with van der Waals surface area (Å²) in [5, 5.41) is 4.24. The molecule has 1 fully saturated rings. The Kier molecular flexibility index (Phi) is 4.68. The van der Waals surface area contributed by atoms with E-state index in [2.05, 4.69) is 22.4 Å². The van der Waals surface area contributed by atoms with Gasteiger partial charge in [0.25, 0.3) is 0 Å². The van der Waals surface area contributed by atoms with Crippen LogP contribution in [0.1, 0.15) is 32.0 Å². The minimum Gasteiger partial charge on any atom is -0.379 e. The average molecular weight is 253 g/mol. The van der Waals surface area contributed by atoms with Crippen LogP contribution in [0.3, 0.4) is 0 Å². The van der Waals surface area contributed by atoms with E-state index in [1.165, 1.54) is 12.8 Å². The number of ether oxygens (including phenoxy) is 1. The topological polar surface area (TPSA) is 78.0 Å². The monoisotopic (exact) mass is 253 g/mol. The maximum absolute atomic E-state index is 5.67. The molecule has 2 unspecified atom stereocenters. The van der Waals surface area contributed by atoms with Gasteiger partial charge >= 0.3 is 0 Å². The van der Waals surface area contributed by atoms with Gasteiger partial charge in [0.15, 0.2) is 0 Å². The molecule has 2 rings (SSSR count). The van der Waals surface area contributed by atoms with Crippen molar-refractivity contribution in [2.24, 2.45) is 11.8 Å². The van der Waals surface area contributed by atoms with Crippen molar-refractivity contribution in [2.45, 2.75) is 51.3 Å². The van der Waals surface area contributed by atoms with E-state index in [1.807, 2.05) is 4.68 Å². The maximum Gasteiger partial charge on any atom is 0.138 e. The molecule has 0 aliphatic heterocycles. The predicted molar refractivity (Wildman–Crippen MR) is 68.6 cm³/mol. The van der Waals surface area contributed by atoms with Gasteiger partial charge in [-0.3, -0.25) is 16.0 Å². The van der Waals surface area contributed by atoms with Crippen LogP contribution in [-0.4, -0.2) is 34.0 Å². The number of hydrazine groups is 1. The van der Waals surface area contributed by atoms with Gasteiger partial charge in [0.2, 0.25) is 0 Å². The van der Waals surface area contributed by atoms with E-state index in [0.717, 1.165) is 25.2 Å². The van der Waals surface area contributed by atoms with E-state index >= 15 is 0 Å². The Morgan fingerprint density at radius 3 is 2.94 bits per heavy atom. The van der Waals surface area contributed by atoms with Crippen LogP contribution in [0.15, 0.2) is 6.33 Å². The lowest BCUT2D eigenvalue weighted by molar-refractivity contribution is 0.0502. The fourth-order valence-corrected chi connectivity index (χ4v) is 2.42. The summed E-state index contributed by atoms with van der Waals surface area (Å²) in [4.78, 5) is 4.32. The smallest absolute Gasteiger partial charge is 0.138 e. The van der Waals surface area contributed by atoms with Gasteiger partial charge in [0.05, 0.1) is 12.1 Å². The van der Waals surface area contributed by atoms with Gasteiger partial charge in [-0.1, -0.05) is 6.92 Å². The molecule has 6 nitrogen and oxygen atoms in total. The predicted octanol–water partition coefficient (Wildman–Crippen LogP) is 0.488. The Bertz CT molecular complexity index is 363. The highest BCUT2D eigenvalue weighted by molar-refractivity contribution is 4.96. The van der Waals surface area contributed by atoms with Gasteiger partial charge in [-0.15, -0.1) is 0 Å². The largest absolute Gasteiger partial charge is 0.379 e. The van der Waals surface area contributed by atoms with E-state index in [9.17, 15) is 0 Å². The summed E-state index contributed by atoms with van der Waals surface area (Å²) in [6.07, 6.45) is 6.05. The third-order valence-electron chi connectivity index (χ3n) is 3.50. The molecule has 0 amide bonds. The Hall–Kier alpha value is -0.980. The lowest BCUT2D eigenvalue weighted by atomic mass is 10.0. The molecule has 102 valence electrons. The van der Waals surface area contributed by atoms with Crippen molar-refractivity contribution in [1.29, 1.82) is 0 Å². The standard InChI is InChI=1S/C12H23N5O/c1-3-6-17-11(14-8-15-17)7-10(16-13)12(18-2)9-4-5-9/h8-10,12,16H,3-7,13H2,1-2H3. The molecule has 1 saturated carbocycles. The van der Waals surface area contributed by atoms with Gasteiger partial charge < -0.3 is 4.74 Å². The van der Waals surface area contributed by atoms with Crippen LogP contribution in [-0.2, 0) is 17.7 Å². The Balaban J connectivity index is 2.02. The van der Waals surface area contributed by atoms with E-state index in [-0.39, 0.29) is 12.1 Å². The normalized spacial score (nSPS) is 18.8. The van der Waals surface area contributed by atoms with E-state index in [0.29, 0.717) is 5.92 Å². The van der Waals surface area contributed by atoms with Crippen LogP contribution in [0.5, 0.6) is 0 Å². The third kappa shape index (κ3) is 3.07. The van der Waals surface area contributed by atoms with Crippen molar-refractivity contribution in [3.8, 4) is 0 Å². The first kappa shape index (κ1) is 13.5. The summed E-state index contributed by atoms with van der Waals surface area (Å²) in [6, 6.07) is 0.0994. The molecule has 0 bridgehead atoms. The molecule has 3 N–H and O–H groups in total. The van der Waals surface area contributed by atoms with Crippen molar-refractivity contribution < 1.29 is 4.74 Å². The fraction of sp³-hybridized carbons (Fsp3) is 0.833. The molecular weight excluding hydrogens is 230 g/mol. The summed E-state index contributed by atoms with van der Waals surface area (Å²) in [5.74, 6) is 7.28. The Labute approximate surface area is 108 Å². The van der Waals surface area contributed by atoms with Gasteiger partial charge in [0, 0.05) is 20.1 Å². The zero-order valence-electron chi connectivity index (χ0n) is 11.2. The van der Waals surface area contributed by atoms with Gasteiger partial charge in [-0.05, 0) is 25.2 Å². The van der Waals surface area contributed by atoms with Crippen molar-refractivity contribution >= 4 is 0 Å². The van der Waals surface area contributed by atoms with Crippen LogP contribution in [0.2, 0.25) is 0 Å². The number of hydrogen-bond donors (Lipinski definition) is 2. The first-order valence-electron chi connectivity index (χ1n) is 6.65. The van der Waals surface area contributed by atoms with Gasteiger partial charge in [-0.25, -0.2) is 4.98 Å². The molecular formula is C12H23N5O. The summed E-state index contributed by atoms with van der Waals surface area (Å²) in [6.45, 7) is 3.03. The molecule has 1 heterocycles. The van der Waals surface area contributed by atoms with Crippen LogP contribution < -0.4 is 11.3 Å². The number of aryl methyl sites for hydroxylation is 1. The van der Waals surface area contributed by atoms with Crippen molar-refractivity contribution in [3.05, 3.63) is 12.2 Å². The molecule has 0 spiro atoms. The van der Waals surface area contributed by atoms with Crippen molar-refractivity contribution in [1.82, 2.24) is 20.2 Å². The van der Waals surface area contributed by atoms with Crippen molar-refractivity contribution in [3.63, 3.8) is 0 Å². The number of nitrogens with two attached hydrogens (primary N) is 1. The zero-order chi connectivity index (χ0) is 13.0. The summed E-state index contributed by atoms with van der Waals surface area (Å²) in [7, 11) is 1.75. The lowest BCUT2D eigenvalue weighted by Crippen LogP contribution is -2.47. The highest BCUT2D eigenvalue weighted by atomic mass is 16.5. The van der Waals surface area contributed by atoms with E-state index in [1.54, 1.807) is 13.4 Å². The molecule has 18 heavy (non-hydrogen) atoms. The molecule has 0 radical (unpaired) electrons. The van der Waals surface area contributed by atoms with Gasteiger partial charge in [0.1, 0.15) is 12.2 Å². The van der Waals surface area contributed by atoms with Crippen LogP contribution in [0, 0.1) is 5.92 Å². The quantitative estimate of drug-likeness (QED) is 0.521. The summed E-state index contributed by atoms with van der Waals surface area (Å²) in [5.41, 5.74) is 2.88. The van der Waals surface area contributed by atoms with E-state index < -0.39 is 0 Å². The first-order chi connectivity index (χ1) is 8.80. The second-order valence-electron chi connectivity index (χ2n) is 4.91. The number of methoxy groups -OCH3 is 1. The zero-order valence-corrected chi connectivity index (χ0v) is 11.2. The highest BCUT2D eigenvalue weighted by Gasteiger charge is 2.37. The van der Waals surface area contributed by atoms with Gasteiger partial charge in [-0.2, -0.15) is 5.10 Å². The van der Waals surface area contributed by atoms with Crippen molar-refractivity contribution in [2.75, 3.05) is 7.11 Å². The Morgan fingerprint density at radius 2 is 2.39 bits per heavy atom. The average Bonchev–Trinajstić information content (AvgIpc) is 3.12. The molecule has 1 aromatic rings. The molecule has 1 aliphatic carbocycles. The first-order valence-corrected chi connectivity index (χ1v) is 6.65. The molecule has 2 atom stereocenters. The van der Waals surface area contributed by atoms with E-state index in [4.69, 9.17) is 10.6 Å². The lowest BCUT2D eigenvalue weighted by Gasteiger charge is -2.25. The SMILES string of the molecule is CCCn1ncnc1CC(NN)C(OC)C1CC1. The number of aromatic nitrogens is 3. The molecule has 6 heteroatoms. The second kappa shape index (κ2) is 6.26. The third-order valence-corrected chi connectivity index (χ3v) is 3.50. The summed E-state index contributed by atoms with van der Waals surface area (Å²) < 4.78 is 7.52. The second-order valence-corrected chi connectivity index (χ2v) is 4.91. The van der Waals surface area contributed by atoms with Crippen LogP contribution in [0.4, 0.5) is 0 Å².